The van der Waals surface area contributed by atoms with Gasteiger partial charge in [0, 0.05) is 50.3 Å². The third-order valence-electron chi connectivity index (χ3n) is 8.83. The number of rotatable bonds is 10. The lowest BCUT2D eigenvalue weighted by Gasteiger charge is -2.41. The van der Waals surface area contributed by atoms with E-state index in [1.165, 1.54) is 11.8 Å². The highest BCUT2D eigenvalue weighted by molar-refractivity contribution is 7.99. The lowest BCUT2D eigenvalue weighted by molar-refractivity contribution is -0.124. The molecule has 0 radical (unpaired) electrons. The van der Waals surface area contributed by atoms with Crippen LogP contribution in [0.4, 0.5) is 11.6 Å². The molecule has 4 aliphatic heterocycles. The van der Waals surface area contributed by atoms with Crippen LogP contribution in [0.3, 0.4) is 0 Å². The number of fused-ring (bicyclic) bond motifs is 3. The van der Waals surface area contributed by atoms with Gasteiger partial charge in [-0.2, -0.15) is 0 Å². The van der Waals surface area contributed by atoms with Gasteiger partial charge in [-0.15, -0.1) is 0 Å². The standard InChI is InChI=1S/C28H40N6O6S/c1-18-25(29)28(15-40-18)4-7-33(8-5-28)26-21(12-35)32-23(10-31-26)41-22-3-6-30-27-24(22)39-14-20-9-19(11-34(20)27)13-37-17-38-16-36-2/h3,6,10,18-20,25,35H,4-5,7-9,11-17,29H2,1-2H3/t18-,19?,20-,25+/m0/s1. The van der Waals surface area contributed by atoms with Gasteiger partial charge in [-0.1, -0.05) is 11.8 Å². The third-order valence-corrected chi connectivity index (χ3v) is 9.78. The largest absolute Gasteiger partial charge is 0.486 e. The average molecular weight is 589 g/mol. The van der Waals surface area contributed by atoms with Crippen molar-refractivity contribution in [2.24, 2.45) is 17.1 Å². The highest BCUT2D eigenvalue weighted by Gasteiger charge is 2.48. The van der Waals surface area contributed by atoms with Crippen molar-refractivity contribution >= 4 is 23.4 Å². The molecular formula is C28H40N6O6S. The summed E-state index contributed by atoms with van der Waals surface area (Å²) >= 11 is 1.48. The maximum absolute atomic E-state index is 10.2. The van der Waals surface area contributed by atoms with Gasteiger partial charge in [-0.3, -0.25) is 0 Å². The number of nitrogens with zero attached hydrogens (tertiary/aromatic N) is 5. The average Bonchev–Trinajstić information content (AvgIpc) is 3.54. The maximum Gasteiger partial charge on any atom is 0.175 e. The van der Waals surface area contributed by atoms with Crippen LogP contribution in [0.2, 0.25) is 0 Å². The first-order valence-electron chi connectivity index (χ1n) is 14.3. The first-order chi connectivity index (χ1) is 20.0. The Bertz CT molecular complexity index is 1200. The number of pyridine rings is 1. The van der Waals surface area contributed by atoms with Crippen LogP contribution >= 0.6 is 11.8 Å². The molecule has 12 nitrogen and oxygen atoms in total. The number of aliphatic hydroxyl groups is 1. The van der Waals surface area contributed by atoms with Gasteiger partial charge in [0.25, 0.3) is 0 Å². The molecule has 3 N–H and O–H groups in total. The molecule has 0 amide bonds. The van der Waals surface area contributed by atoms with Crippen LogP contribution in [-0.4, -0.2) is 98.4 Å². The number of anilines is 2. The van der Waals surface area contributed by atoms with E-state index in [-0.39, 0.29) is 43.8 Å². The van der Waals surface area contributed by atoms with E-state index in [1.807, 2.05) is 12.3 Å². The van der Waals surface area contributed by atoms with Gasteiger partial charge < -0.3 is 44.3 Å². The number of piperidine rings is 1. The Labute approximate surface area is 244 Å². The van der Waals surface area contributed by atoms with Crippen LogP contribution in [0.5, 0.6) is 5.75 Å². The maximum atomic E-state index is 10.2. The van der Waals surface area contributed by atoms with Crippen LogP contribution < -0.4 is 20.3 Å². The van der Waals surface area contributed by atoms with Crippen LogP contribution in [0.15, 0.2) is 28.4 Å². The zero-order chi connectivity index (χ0) is 28.4. The summed E-state index contributed by atoms with van der Waals surface area (Å²) in [7, 11) is 1.59. The van der Waals surface area contributed by atoms with Crippen LogP contribution in [0.25, 0.3) is 0 Å². The van der Waals surface area contributed by atoms with Crippen LogP contribution in [-0.2, 0) is 25.6 Å². The van der Waals surface area contributed by atoms with Crippen molar-refractivity contribution in [3.05, 3.63) is 24.2 Å². The van der Waals surface area contributed by atoms with E-state index < -0.39 is 0 Å². The molecule has 0 aromatic carbocycles. The molecular weight excluding hydrogens is 548 g/mol. The quantitative estimate of drug-likeness (QED) is 0.310. The van der Waals surface area contributed by atoms with E-state index in [4.69, 9.17) is 39.4 Å². The van der Waals surface area contributed by atoms with E-state index >= 15 is 0 Å². The number of aromatic nitrogens is 3. The summed E-state index contributed by atoms with van der Waals surface area (Å²) in [5.41, 5.74) is 7.10. The predicted molar refractivity (Wildman–Crippen MR) is 152 cm³/mol. The molecule has 6 heterocycles. The second-order valence-electron chi connectivity index (χ2n) is 11.4. The Balaban J connectivity index is 1.11. The van der Waals surface area contributed by atoms with Gasteiger partial charge in [-0.05, 0) is 32.3 Å². The molecule has 4 aliphatic rings. The van der Waals surface area contributed by atoms with Gasteiger partial charge in [-0.25, -0.2) is 15.0 Å². The molecule has 3 saturated heterocycles. The molecule has 0 aliphatic carbocycles. The Kier molecular flexibility index (Phi) is 8.82. The number of nitrogens with two attached hydrogens (primary N) is 1. The molecule has 4 atom stereocenters. The van der Waals surface area contributed by atoms with Crippen molar-refractivity contribution in [1.29, 1.82) is 0 Å². The molecule has 1 spiro atoms. The summed E-state index contributed by atoms with van der Waals surface area (Å²) in [6.45, 7) is 6.72. The molecule has 0 saturated carbocycles. The lowest BCUT2D eigenvalue weighted by Crippen LogP contribution is -2.51. The second-order valence-corrected chi connectivity index (χ2v) is 12.5. The van der Waals surface area contributed by atoms with E-state index in [1.54, 1.807) is 13.3 Å². The summed E-state index contributed by atoms with van der Waals surface area (Å²) in [5, 5.41) is 10.9. The lowest BCUT2D eigenvalue weighted by atomic mass is 9.73. The third kappa shape index (κ3) is 5.85. The zero-order valence-electron chi connectivity index (χ0n) is 23.7. The van der Waals surface area contributed by atoms with Gasteiger partial charge >= 0.3 is 0 Å². The topological polar surface area (TPSA) is 138 Å². The number of methoxy groups -OCH3 is 1. The van der Waals surface area contributed by atoms with E-state index in [2.05, 4.69) is 21.7 Å². The van der Waals surface area contributed by atoms with E-state index in [0.29, 0.717) is 36.5 Å². The van der Waals surface area contributed by atoms with Gasteiger partial charge in [0.2, 0.25) is 0 Å². The van der Waals surface area contributed by atoms with Crippen molar-refractivity contribution in [3.63, 3.8) is 0 Å². The van der Waals surface area contributed by atoms with Crippen molar-refractivity contribution < 1.29 is 28.8 Å². The fourth-order valence-corrected chi connectivity index (χ4v) is 7.39. The molecule has 6 rings (SSSR count). The Hall–Kier alpha value is -2.26. The van der Waals surface area contributed by atoms with Crippen molar-refractivity contribution in [2.45, 2.75) is 60.9 Å². The van der Waals surface area contributed by atoms with Crippen molar-refractivity contribution in [3.8, 4) is 5.75 Å². The normalized spacial score (nSPS) is 26.7. The molecule has 2 aromatic heterocycles. The highest BCUT2D eigenvalue weighted by atomic mass is 32.2. The highest BCUT2D eigenvalue weighted by Crippen LogP contribution is 2.45. The Morgan fingerprint density at radius 1 is 1.20 bits per heavy atom. The number of ether oxygens (including phenoxy) is 5. The smallest absolute Gasteiger partial charge is 0.175 e. The fraction of sp³-hybridized carbons (Fsp3) is 0.679. The number of hydrogen-bond donors (Lipinski definition) is 2. The first-order valence-corrected chi connectivity index (χ1v) is 15.1. The number of hydrogen-bond acceptors (Lipinski definition) is 13. The second kappa shape index (κ2) is 12.5. The van der Waals surface area contributed by atoms with Crippen molar-refractivity contribution in [2.75, 3.05) is 70.0 Å². The summed E-state index contributed by atoms with van der Waals surface area (Å²) in [5.74, 6) is 2.72. The minimum atomic E-state index is -0.182. The number of aliphatic hydroxyl groups excluding tert-OH is 1. The molecule has 2 aromatic rings. The van der Waals surface area contributed by atoms with Crippen LogP contribution in [0.1, 0.15) is 31.9 Å². The summed E-state index contributed by atoms with van der Waals surface area (Å²) in [6, 6.07) is 2.26. The molecule has 224 valence electrons. The van der Waals surface area contributed by atoms with Gasteiger partial charge in [0.15, 0.2) is 17.4 Å². The summed E-state index contributed by atoms with van der Waals surface area (Å²) in [6.07, 6.45) is 6.54. The zero-order valence-corrected chi connectivity index (χ0v) is 24.6. The van der Waals surface area contributed by atoms with Crippen LogP contribution in [0, 0.1) is 11.3 Å². The van der Waals surface area contributed by atoms with Crippen molar-refractivity contribution in [1.82, 2.24) is 15.0 Å². The molecule has 41 heavy (non-hydrogen) atoms. The molecule has 13 heteroatoms. The first kappa shape index (κ1) is 28.8. The minimum Gasteiger partial charge on any atom is -0.486 e. The predicted octanol–water partition coefficient (Wildman–Crippen LogP) is 2.03. The summed E-state index contributed by atoms with van der Waals surface area (Å²) in [4.78, 5) is 19.7. The Morgan fingerprint density at radius 3 is 2.80 bits per heavy atom. The fourth-order valence-electron chi connectivity index (χ4n) is 6.53. The molecule has 3 fully saturated rings. The molecule has 1 unspecified atom stereocenters. The van der Waals surface area contributed by atoms with E-state index in [0.717, 1.165) is 61.2 Å². The van der Waals surface area contributed by atoms with Gasteiger partial charge in [0.1, 0.15) is 30.9 Å². The SMILES string of the molecule is COCOCOCC1C[C@H]2COc3c(Sc4cnc(N5CCC6(CC5)CO[C@@H](C)[C@H]6N)c(CO)n4)ccnc3N2C1. The van der Waals surface area contributed by atoms with Gasteiger partial charge in [0.05, 0.1) is 43.1 Å². The summed E-state index contributed by atoms with van der Waals surface area (Å²) < 4.78 is 27.9. The Morgan fingerprint density at radius 2 is 2.05 bits per heavy atom. The van der Waals surface area contributed by atoms with E-state index in [9.17, 15) is 5.11 Å². The molecule has 0 bridgehead atoms. The minimum absolute atomic E-state index is 0.0266. The monoisotopic (exact) mass is 588 g/mol.